The SMILES string of the molecule is C[C@@H](CN(C)C)C(=O)c1cccs1. The molecule has 0 unspecified atom stereocenters. The fourth-order valence-corrected chi connectivity index (χ4v) is 2.07. The van der Waals surface area contributed by atoms with Crippen molar-refractivity contribution >= 4 is 17.1 Å². The van der Waals surface area contributed by atoms with Crippen LogP contribution >= 0.6 is 11.3 Å². The van der Waals surface area contributed by atoms with Crippen LogP contribution in [0.1, 0.15) is 16.6 Å². The topological polar surface area (TPSA) is 20.3 Å². The molecule has 0 aromatic carbocycles. The van der Waals surface area contributed by atoms with Gasteiger partial charge in [0.25, 0.3) is 0 Å². The van der Waals surface area contributed by atoms with Crippen LogP contribution in [-0.4, -0.2) is 31.3 Å². The van der Waals surface area contributed by atoms with Crippen LogP contribution in [0.25, 0.3) is 0 Å². The molecule has 0 aliphatic rings. The standard InChI is InChI=1S/C10H15NOS/c1-8(7-11(2)3)10(12)9-5-4-6-13-9/h4-6,8H,7H2,1-3H3/t8-/m0/s1. The van der Waals surface area contributed by atoms with Crippen LogP contribution in [0.5, 0.6) is 0 Å². The van der Waals surface area contributed by atoms with E-state index in [2.05, 4.69) is 0 Å². The quantitative estimate of drug-likeness (QED) is 0.689. The summed E-state index contributed by atoms with van der Waals surface area (Å²) in [6, 6.07) is 3.80. The van der Waals surface area contributed by atoms with Crippen LogP contribution in [0.4, 0.5) is 0 Å². The van der Waals surface area contributed by atoms with E-state index in [0.717, 1.165) is 11.4 Å². The minimum absolute atomic E-state index is 0.0913. The fraction of sp³-hybridized carbons (Fsp3) is 0.500. The molecule has 0 spiro atoms. The molecule has 1 heterocycles. The highest BCUT2D eigenvalue weighted by atomic mass is 32.1. The normalized spacial score (nSPS) is 13.2. The Kier molecular flexibility index (Phi) is 3.63. The highest BCUT2D eigenvalue weighted by Gasteiger charge is 2.16. The molecule has 0 radical (unpaired) electrons. The second-order valence-corrected chi connectivity index (χ2v) is 4.45. The van der Waals surface area contributed by atoms with Gasteiger partial charge < -0.3 is 4.90 Å². The number of Topliss-reactive ketones (excluding diaryl/α,β-unsaturated/α-hetero) is 1. The Labute approximate surface area is 83.2 Å². The average Bonchev–Trinajstić information content (AvgIpc) is 2.53. The predicted molar refractivity (Wildman–Crippen MR) is 56.4 cm³/mol. The lowest BCUT2D eigenvalue weighted by molar-refractivity contribution is 0.0914. The molecule has 0 saturated carbocycles. The first kappa shape index (κ1) is 10.4. The van der Waals surface area contributed by atoms with Gasteiger partial charge in [-0.2, -0.15) is 0 Å². The molecule has 0 bridgehead atoms. The van der Waals surface area contributed by atoms with Crippen molar-refractivity contribution in [2.24, 2.45) is 5.92 Å². The van der Waals surface area contributed by atoms with Crippen LogP contribution in [0.2, 0.25) is 0 Å². The molecule has 0 N–H and O–H groups in total. The zero-order valence-corrected chi connectivity index (χ0v) is 9.10. The molecule has 13 heavy (non-hydrogen) atoms. The van der Waals surface area contributed by atoms with Gasteiger partial charge in [-0.1, -0.05) is 13.0 Å². The van der Waals surface area contributed by atoms with Gasteiger partial charge in [-0.05, 0) is 25.5 Å². The Morgan fingerprint density at radius 2 is 2.31 bits per heavy atom. The lowest BCUT2D eigenvalue weighted by Gasteiger charge is -2.14. The molecule has 3 heteroatoms. The zero-order valence-electron chi connectivity index (χ0n) is 8.28. The van der Waals surface area contributed by atoms with Crippen molar-refractivity contribution in [3.63, 3.8) is 0 Å². The van der Waals surface area contributed by atoms with Gasteiger partial charge in [-0.3, -0.25) is 4.79 Å². The Hall–Kier alpha value is -0.670. The smallest absolute Gasteiger partial charge is 0.176 e. The van der Waals surface area contributed by atoms with Gasteiger partial charge in [0.15, 0.2) is 5.78 Å². The zero-order chi connectivity index (χ0) is 9.84. The number of hydrogen-bond donors (Lipinski definition) is 0. The summed E-state index contributed by atoms with van der Waals surface area (Å²) in [7, 11) is 3.97. The number of ketones is 1. The molecule has 2 nitrogen and oxygen atoms in total. The molecule has 0 aliphatic carbocycles. The van der Waals surface area contributed by atoms with E-state index in [0.29, 0.717) is 0 Å². The number of hydrogen-bond acceptors (Lipinski definition) is 3. The van der Waals surface area contributed by atoms with Crippen LogP contribution in [0, 0.1) is 5.92 Å². The molecule has 1 rings (SSSR count). The van der Waals surface area contributed by atoms with Gasteiger partial charge in [-0.15, -0.1) is 11.3 Å². The summed E-state index contributed by atoms with van der Waals surface area (Å²) in [6.45, 7) is 2.79. The fourth-order valence-electron chi connectivity index (χ4n) is 1.29. The Morgan fingerprint density at radius 3 is 2.77 bits per heavy atom. The van der Waals surface area contributed by atoms with Crippen LogP contribution in [0.3, 0.4) is 0 Å². The molecule has 1 aromatic rings. The minimum Gasteiger partial charge on any atom is -0.309 e. The molecular formula is C10H15NOS. The molecule has 1 aromatic heterocycles. The minimum atomic E-state index is 0.0913. The molecule has 0 saturated heterocycles. The first-order valence-electron chi connectivity index (χ1n) is 4.33. The largest absolute Gasteiger partial charge is 0.309 e. The summed E-state index contributed by atoms with van der Waals surface area (Å²) in [5.41, 5.74) is 0. The van der Waals surface area contributed by atoms with Gasteiger partial charge >= 0.3 is 0 Å². The third-order valence-corrected chi connectivity index (χ3v) is 2.74. The van der Waals surface area contributed by atoms with E-state index in [1.165, 1.54) is 11.3 Å². The van der Waals surface area contributed by atoms with Crippen molar-refractivity contribution in [2.75, 3.05) is 20.6 Å². The van der Waals surface area contributed by atoms with Crippen molar-refractivity contribution in [3.05, 3.63) is 22.4 Å². The van der Waals surface area contributed by atoms with Crippen molar-refractivity contribution < 1.29 is 4.79 Å². The van der Waals surface area contributed by atoms with Gasteiger partial charge in [-0.25, -0.2) is 0 Å². The summed E-state index contributed by atoms with van der Waals surface area (Å²) in [5, 5.41) is 1.94. The number of carbonyl (C=O) groups is 1. The summed E-state index contributed by atoms with van der Waals surface area (Å²) in [5.74, 6) is 0.345. The van der Waals surface area contributed by atoms with Crippen molar-refractivity contribution in [1.29, 1.82) is 0 Å². The lowest BCUT2D eigenvalue weighted by Crippen LogP contribution is -2.25. The molecule has 72 valence electrons. The molecule has 0 aliphatic heterocycles. The van der Waals surface area contributed by atoms with Crippen LogP contribution in [0.15, 0.2) is 17.5 Å². The third kappa shape index (κ3) is 2.94. The van der Waals surface area contributed by atoms with E-state index in [-0.39, 0.29) is 11.7 Å². The van der Waals surface area contributed by atoms with Gasteiger partial charge in [0.1, 0.15) is 0 Å². The second kappa shape index (κ2) is 4.53. The molecule has 1 atom stereocenters. The van der Waals surface area contributed by atoms with E-state index >= 15 is 0 Å². The first-order chi connectivity index (χ1) is 6.11. The lowest BCUT2D eigenvalue weighted by atomic mass is 10.1. The first-order valence-corrected chi connectivity index (χ1v) is 5.21. The predicted octanol–water partition coefficient (Wildman–Crippen LogP) is 2.13. The number of nitrogens with zero attached hydrogens (tertiary/aromatic N) is 1. The van der Waals surface area contributed by atoms with Gasteiger partial charge in [0, 0.05) is 12.5 Å². The Bertz CT molecular complexity index is 266. The monoisotopic (exact) mass is 197 g/mol. The van der Waals surface area contributed by atoms with Crippen molar-refractivity contribution in [1.82, 2.24) is 4.90 Å². The highest BCUT2D eigenvalue weighted by molar-refractivity contribution is 7.12. The van der Waals surface area contributed by atoms with E-state index in [4.69, 9.17) is 0 Å². The van der Waals surface area contributed by atoms with Crippen LogP contribution in [-0.2, 0) is 0 Å². The molecular weight excluding hydrogens is 182 g/mol. The Balaban J connectivity index is 2.58. The summed E-state index contributed by atoms with van der Waals surface area (Å²) >= 11 is 1.52. The highest BCUT2D eigenvalue weighted by Crippen LogP contribution is 2.14. The summed E-state index contributed by atoms with van der Waals surface area (Å²) < 4.78 is 0. The van der Waals surface area contributed by atoms with E-state index < -0.39 is 0 Å². The summed E-state index contributed by atoms with van der Waals surface area (Å²) in [4.78, 5) is 14.6. The number of thiophene rings is 1. The average molecular weight is 197 g/mol. The van der Waals surface area contributed by atoms with Gasteiger partial charge in [0.2, 0.25) is 0 Å². The summed E-state index contributed by atoms with van der Waals surface area (Å²) in [6.07, 6.45) is 0. The second-order valence-electron chi connectivity index (χ2n) is 3.50. The molecule has 0 fully saturated rings. The van der Waals surface area contributed by atoms with Crippen LogP contribution < -0.4 is 0 Å². The maximum atomic E-state index is 11.7. The molecule has 0 amide bonds. The number of carbonyl (C=O) groups excluding carboxylic acids is 1. The van der Waals surface area contributed by atoms with Gasteiger partial charge in [0.05, 0.1) is 4.88 Å². The van der Waals surface area contributed by atoms with E-state index in [9.17, 15) is 4.79 Å². The van der Waals surface area contributed by atoms with Crippen molar-refractivity contribution in [3.8, 4) is 0 Å². The maximum absolute atomic E-state index is 11.7. The van der Waals surface area contributed by atoms with E-state index in [1.807, 2.05) is 43.4 Å². The van der Waals surface area contributed by atoms with E-state index in [1.54, 1.807) is 0 Å². The van der Waals surface area contributed by atoms with Crippen molar-refractivity contribution in [2.45, 2.75) is 6.92 Å². The number of rotatable bonds is 4. The Morgan fingerprint density at radius 1 is 1.62 bits per heavy atom. The third-order valence-electron chi connectivity index (χ3n) is 1.85. The maximum Gasteiger partial charge on any atom is 0.176 e.